The molecule has 4 heteroatoms. The molecule has 2 unspecified atom stereocenters. The van der Waals surface area contributed by atoms with Crippen LogP contribution in [0.3, 0.4) is 0 Å². The smallest absolute Gasteiger partial charge is 0.255 e. The largest absolute Gasteiger partial charge is 0.496 e. The maximum absolute atomic E-state index is 13.2. The molecule has 0 bridgehead atoms. The quantitative estimate of drug-likeness (QED) is 0.882. The number of piperidine rings is 1. The second kappa shape index (κ2) is 5.87. The first-order valence-corrected chi connectivity index (χ1v) is 9.86. The van der Waals surface area contributed by atoms with Gasteiger partial charge in [0.15, 0.2) is 0 Å². The van der Waals surface area contributed by atoms with Crippen LogP contribution in [0.15, 0.2) is 30.0 Å². The number of hydrogen-bond donors (Lipinski definition) is 2. The second-order valence-corrected chi connectivity index (χ2v) is 8.18. The van der Waals surface area contributed by atoms with E-state index in [0.29, 0.717) is 11.8 Å². The normalized spacial score (nSPS) is 30.6. The lowest BCUT2D eigenvalue weighted by Crippen LogP contribution is -2.86. The Balaban J connectivity index is 1.45. The van der Waals surface area contributed by atoms with Gasteiger partial charge in [0.05, 0.1) is 25.3 Å². The van der Waals surface area contributed by atoms with E-state index < -0.39 is 0 Å². The average Bonchev–Trinajstić information content (AvgIpc) is 3.39. The van der Waals surface area contributed by atoms with Gasteiger partial charge in [0.2, 0.25) is 0 Å². The minimum Gasteiger partial charge on any atom is -0.496 e. The molecule has 1 spiro atoms. The first kappa shape index (κ1) is 15.4. The maximum atomic E-state index is 13.2. The summed E-state index contributed by atoms with van der Waals surface area (Å²) in [6, 6.07) is 8.47. The third kappa shape index (κ3) is 2.42. The molecule has 1 saturated carbocycles. The number of ether oxygens (including phenoxy) is 1. The number of fused-ring (bicyclic) bond motifs is 2. The molecular formula is C21H27N2O2+. The van der Waals surface area contributed by atoms with E-state index >= 15 is 0 Å². The molecule has 2 heterocycles. The first-order valence-electron chi connectivity index (χ1n) is 9.86. The Kier molecular flexibility index (Phi) is 3.63. The Morgan fingerprint density at radius 3 is 3.00 bits per heavy atom. The molecule has 1 amide bonds. The molecule has 2 aliphatic carbocycles. The summed E-state index contributed by atoms with van der Waals surface area (Å²) in [7, 11) is 0. The topological polar surface area (TPSA) is 54.9 Å². The van der Waals surface area contributed by atoms with Gasteiger partial charge in [-0.2, -0.15) is 0 Å². The SMILES string of the molecule is O=C(NCC1CC[NH2+]CC1)C1=C2OCCCC23CC3c2ccccc21. The number of rotatable bonds is 3. The van der Waals surface area contributed by atoms with E-state index in [9.17, 15) is 4.79 Å². The first-order chi connectivity index (χ1) is 12.3. The van der Waals surface area contributed by atoms with Crippen molar-refractivity contribution >= 4 is 11.5 Å². The highest BCUT2D eigenvalue weighted by Crippen LogP contribution is 2.71. The number of allylic oxidation sites excluding steroid dienone is 1. The van der Waals surface area contributed by atoms with E-state index in [1.165, 1.54) is 31.5 Å². The van der Waals surface area contributed by atoms with Gasteiger partial charge < -0.3 is 15.4 Å². The molecule has 5 rings (SSSR count). The van der Waals surface area contributed by atoms with Crippen molar-refractivity contribution < 1.29 is 14.8 Å². The van der Waals surface area contributed by atoms with Crippen LogP contribution in [-0.2, 0) is 9.53 Å². The van der Waals surface area contributed by atoms with Crippen LogP contribution in [0.4, 0.5) is 0 Å². The standard InChI is InChI=1S/C21H26N2O2/c24-20(23-13-14-6-9-22-10-7-14)18-16-5-2-1-4-15(16)17-12-21(17)8-3-11-25-19(18)21/h1-2,4-5,14,17,22H,3,6-13H2,(H,23,24)/p+1. The van der Waals surface area contributed by atoms with Crippen LogP contribution in [0.25, 0.3) is 5.57 Å². The number of nitrogens with one attached hydrogen (secondary N) is 1. The maximum Gasteiger partial charge on any atom is 0.255 e. The number of carbonyl (C=O) groups is 1. The lowest BCUT2D eigenvalue weighted by atomic mass is 9.79. The molecule has 2 saturated heterocycles. The van der Waals surface area contributed by atoms with Crippen molar-refractivity contribution in [2.45, 2.75) is 38.0 Å². The highest BCUT2D eigenvalue weighted by Gasteiger charge is 2.63. The summed E-state index contributed by atoms with van der Waals surface area (Å²) >= 11 is 0. The molecule has 132 valence electrons. The molecule has 25 heavy (non-hydrogen) atoms. The Morgan fingerprint density at radius 1 is 1.28 bits per heavy atom. The van der Waals surface area contributed by atoms with Crippen molar-refractivity contribution in [1.82, 2.24) is 5.32 Å². The van der Waals surface area contributed by atoms with Crippen LogP contribution < -0.4 is 10.6 Å². The summed E-state index contributed by atoms with van der Waals surface area (Å²) in [5.41, 5.74) is 3.41. The van der Waals surface area contributed by atoms with Gasteiger partial charge in [0.25, 0.3) is 5.91 Å². The zero-order chi connectivity index (χ0) is 16.9. The third-order valence-electron chi connectivity index (χ3n) is 6.71. The lowest BCUT2D eigenvalue weighted by Gasteiger charge is -2.33. The Labute approximate surface area is 149 Å². The second-order valence-electron chi connectivity index (χ2n) is 8.18. The summed E-state index contributed by atoms with van der Waals surface area (Å²) in [5.74, 6) is 2.25. The number of quaternary nitrogens is 1. The molecular weight excluding hydrogens is 312 g/mol. The van der Waals surface area contributed by atoms with Gasteiger partial charge in [-0.05, 0) is 42.2 Å². The monoisotopic (exact) mass is 339 g/mol. The fraction of sp³-hybridized carbons (Fsp3) is 0.571. The van der Waals surface area contributed by atoms with Crippen molar-refractivity contribution in [3.05, 3.63) is 41.2 Å². The minimum atomic E-state index is 0.0728. The number of carbonyl (C=O) groups excluding carboxylic acids is 1. The van der Waals surface area contributed by atoms with Gasteiger partial charge in [0, 0.05) is 24.8 Å². The molecule has 4 aliphatic rings. The molecule has 0 radical (unpaired) electrons. The van der Waals surface area contributed by atoms with E-state index in [4.69, 9.17) is 4.74 Å². The predicted octanol–water partition coefficient (Wildman–Crippen LogP) is 1.79. The van der Waals surface area contributed by atoms with E-state index in [-0.39, 0.29) is 11.3 Å². The van der Waals surface area contributed by atoms with Crippen molar-refractivity contribution in [3.8, 4) is 0 Å². The van der Waals surface area contributed by atoms with Gasteiger partial charge >= 0.3 is 0 Å². The van der Waals surface area contributed by atoms with Crippen molar-refractivity contribution in [2.75, 3.05) is 26.2 Å². The van der Waals surface area contributed by atoms with Crippen molar-refractivity contribution in [3.63, 3.8) is 0 Å². The Bertz CT molecular complexity index is 735. The van der Waals surface area contributed by atoms with Gasteiger partial charge in [-0.3, -0.25) is 4.79 Å². The number of nitrogens with two attached hydrogens (primary N) is 1. The van der Waals surface area contributed by atoms with Crippen LogP contribution in [0, 0.1) is 11.3 Å². The summed E-state index contributed by atoms with van der Waals surface area (Å²) in [4.78, 5) is 13.2. The Hall–Kier alpha value is -1.81. The van der Waals surface area contributed by atoms with Crippen LogP contribution in [0.5, 0.6) is 0 Å². The molecule has 1 aromatic rings. The lowest BCUT2D eigenvalue weighted by molar-refractivity contribution is -0.664. The zero-order valence-electron chi connectivity index (χ0n) is 14.7. The van der Waals surface area contributed by atoms with Crippen molar-refractivity contribution in [1.29, 1.82) is 0 Å². The highest BCUT2D eigenvalue weighted by atomic mass is 16.5. The van der Waals surface area contributed by atoms with Crippen LogP contribution in [0.1, 0.15) is 49.1 Å². The van der Waals surface area contributed by atoms with E-state index in [2.05, 4.69) is 28.8 Å². The van der Waals surface area contributed by atoms with Crippen LogP contribution in [0.2, 0.25) is 0 Å². The summed E-state index contributed by atoms with van der Waals surface area (Å²) in [5, 5.41) is 5.61. The van der Waals surface area contributed by atoms with Crippen LogP contribution in [-0.4, -0.2) is 32.1 Å². The average molecular weight is 339 g/mol. The molecule has 3 fully saturated rings. The van der Waals surface area contributed by atoms with Gasteiger partial charge in [-0.1, -0.05) is 24.3 Å². The third-order valence-corrected chi connectivity index (χ3v) is 6.71. The van der Waals surface area contributed by atoms with Gasteiger partial charge in [-0.15, -0.1) is 0 Å². The summed E-state index contributed by atoms with van der Waals surface area (Å²) in [6.07, 6.45) is 5.82. The predicted molar refractivity (Wildman–Crippen MR) is 95.7 cm³/mol. The van der Waals surface area contributed by atoms with Gasteiger partial charge in [-0.25, -0.2) is 0 Å². The molecule has 0 aromatic heterocycles. The summed E-state index contributed by atoms with van der Waals surface area (Å²) < 4.78 is 6.12. The van der Waals surface area contributed by atoms with E-state index in [1.807, 2.05) is 6.07 Å². The molecule has 1 aromatic carbocycles. The van der Waals surface area contributed by atoms with E-state index in [0.717, 1.165) is 49.3 Å². The molecule has 2 aliphatic heterocycles. The number of benzene rings is 1. The molecule has 3 N–H and O–H groups in total. The number of hydrogen-bond acceptors (Lipinski definition) is 2. The van der Waals surface area contributed by atoms with E-state index in [1.54, 1.807) is 0 Å². The van der Waals surface area contributed by atoms with Crippen molar-refractivity contribution in [2.24, 2.45) is 11.3 Å². The zero-order valence-corrected chi connectivity index (χ0v) is 14.7. The molecule has 4 nitrogen and oxygen atoms in total. The van der Waals surface area contributed by atoms with Gasteiger partial charge in [0.1, 0.15) is 5.76 Å². The summed E-state index contributed by atoms with van der Waals surface area (Å²) in [6.45, 7) is 3.92. The Morgan fingerprint density at radius 2 is 2.12 bits per heavy atom. The molecule has 2 atom stereocenters. The minimum absolute atomic E-state index is 0.0728. The number of amides is 1. The fourth-order valence-electron chi connectivity index (χ4n) is 5.28. The van der Waals surface area contributed by atoms with Crippen LogP contribution >= 0.6 is 0 Å². The fourth-order valence-corrected chi connectivity index (χ4v) is 5.28. The highest BCUT2D eigenvalue weighted by molar-refractivity contribution is 6.21.